The van der Waals surface area contributed by atoms with E-state index in [1.165, 1.54) is 36.4 Å². The minimum absolute atomic E-state index is 0.0870. The van der Waals surface area contributed by atoms with Gasteiger partial charge in [0.05, 0.1) is 21.7 Å². The third kappa shape index (κ3) is 4.28. The minimum atomic E-state index is -0.592. The van der Waals surface area contributed by atoms with Crippen molar-refractivity contribution in [2.75, 3.05) is 10.2 Å². The molecule has 1 N–H and O–H groups in total. The van der Waals surface area contributed by atoms with E-state index in [2.05, 4.69) is 5.32 Å². The molecule has 0 bridgehead atoms. The molecule has 9 nitrogen and oxygen atoms in total. The fourth-order valence-corrected chi connectivity index (χ4v) is 3.83. The van der Waals surface area contributed by atoms with Gasteiger partial charge in [-0.15, -0.1) is 0 Å². The van der Waals surface area contributed by atoms with Gasteiger partial charge in [0.25, 0.3) is 23.4 Å². The monoisotopic (exact) mass is 479 g/mol. The van der Waals surface area contributed by atoms with Crippen molar-refractivity contribution in [3.05, 3.63) is 124 Å². The summed E-state index contributed by atoms with van der Waals surface area (Å²) in [6, 6.07) is 25.4. The average Bonchev–Trinajstić information content (AvgIpc) is 3.14. The summed E-state index contributed by atoms with van der Waals surface area (Å²) in [5, 5.41) is 13.6. The smallest absolute Gasteiger partial charge is 0.270 e. The second-order valence-corrected chi connectivity index (χ2v) is 7.88. The van der Waals surface area contributed by atoms with Crippen molar-refractivity contribution in [1.82, 2.24) is 0 Å². The van der Waals surface area contributed by atoms with E-state index in [0.29, 0.717) is 17.2 Å². The average molecular weight is 479 g/mol. The molecule has 0 aromatic heterocycles. The molecule has 176 valence electrons. The first-order chi connectivity index (χ1) is 17.4. The van der Waals surface area contributed by atoms with Gasteiger partial charge in [-0.3, -0.25) is 24.5 Å². The first-order valence-electron chi connectivity index (χ1n) is 10.8. The number of hydrogen-bond acceptors (Lipinski definition) is 6. The van der Waals surface area contributed by atoms with E-state index < -0.39 is 22.6 Å². The van der Waals surface area contributed by atoms with Crippen LogP contribution in [0.5, 0.6) is 11.5 Å². The highest BCUT2D eigenvalue weighted by atomic mass is 16.6. The molecule has 0 fully saturated rings. The van der Waals surface area contributed by atoms with Crippen LogP contribution in [0.2, 0.25) is 0 Å². The molecule has 5 rings (SSSR count). The predicted octanol–water partition coefficient (Wildman–Crippen LogP) is 5.44. The number of non-ortho nitro benzene ring substituents is 1. The lowest BCUT2D eigenvalue weighted by Crippen LogP contribution is -2.29. The highest BCUT2D eigenvalue weighted by molar-refractivity contribution is 6.34. The number of anilines is 2. The number of nitrogens with one attached hydrogen (secondary N) is 1. The molecular formula is C27H17N3O6. The number of rotatable bonds is 6. The number of nitrogens with zero attached hydrogens (tertiary/aromatic N) is 2. The summed E-state index contributed by atoms with van der Waals surface area (Å²) in [6.45, 7) is 0. The number of benzene rings is 4. The Kier molecular flexibility index (Phi) is 5.71. The van der Waals surface area contributed by atoms with Crippen LogP contribution in [0.25, 0.3) is 0 Å². The summed E-state index contributed by atoms with van der Waals surface area (Å²) in [4.78, 5) is 50.3. The Labute approximate surface area is 204 Å². The quantitative estimate of drug-likeness (QED) is 0.223. The lowest BCUT2D eigenvalue weighted by molar-refractivity contribution is -0.384. The second-order valence-electron chi connectivity index (χ2n) is 7.88. The zero-order valence-corrected chi connectivity index (χ0v) is 18.6. The second kappa shape index (κ2) is 9.15. The molecule has 3 amide bonds. The Morgan fingerprint density at radius 1 is 0.778 bits per heavy atom. The number of carbonyl (C=O) groups is 3. The normalized spacial score (nSPS) is 12.3. The highest BCUT2D eigenvalue weighted by Gasteiger charge is 2.37. The van der Waals surface area contributed by atoms with Gasteiger partial charge in [-0.05, 0) is 48.5 Å². The van der Waals surface area contributed by atoms with Crippen LogP contribution in [0.1, 0.15) is 31.1 Å². The molecule has 0 saturated heterocycles. The van der Waals surface area contributed by atoms with Crippen molar-refractivity contribution in [1.29, 1.82) is 0 Å². The topological polar surface area (TPSA) is 119 Å². The van der Waals surface area contributed by atoms with Crippen LogP contribution in [0.3, 0.4) is 0 Å². The van der Waals surface area contributed by atoms with Crippen LogP contribution in [-0.2, 0) is 0 Å². The number of para-hydroxylation sites is 1. The standard InChI is InChI=1S/C27H17N3O6/c31-25(17-6-4-8-20(14-17)30(34)35)28-18-12-13-23-24(15-18)27(33)29(26(23)32)19-7-5-11-22(16-19)36-21-9-2-1-3-10-21/h1-16H,(H,28,31). The molecule has 0 aliphatic carbocycles. The predicted molar refractivity (Wildman–Crippen MR) is 132 cm³/mol. The van der Waals surface area contributed by atoms with E-state index in [9.17, 15) is 24.5 Å². The van der Waals surface area contributed by atoms with Crippen molar-refractivity contribution < 1.29 is 24.0 Å². The van der Waals surface area contributed by atoms with Gasteiger partial charge in [-0.1, -0.05) is 30.3 Å². The highest BCUT2D eigenvalue weighted by Crippen LogP contribution is 2.33. The summed E-state index contributed by atoms with van der Waals surface area (Å²) < 4.78 is 5.82. The first kappa shape index (κ1) is 22.5. The Hall–Kier alpha value is -5.31. The summed E-state index contributed by atoms with van der Waals surface area (Å²) in [7, 11) is 0. The lowest BCUT2D eigenvalue weighted by atomic mass is 10.1. The molecule has 0 unspecified atom stereocenters. The molecule has 4 aromatic rings. The van der Waals surface area contributed by atoms with Crippen LogP contribution < -0.4 is 15.0 Å². The summed E-state index contributed by atoms with van der Waals surface area (Å²) >= 11 is 0. The molecule has 0 atom stereocenters. The lowest BCUT2D eigenvalue weighted by Gasteiger charge is -2.15. The van der Waals surface area contributed by atoms with Gasteiger partial charge in [0.2, 0.25) is 0 Å². The first-order valence-corrected chi connectivity index (χ1v) is 10.8. The Balaban J connectivity index is 1.38. The van der Waals surface area contributed by atoms with Crippen LogP contribution in [0.15, 0.2) is 97.1 Å². The van der Waals surface area contributed by atoms with E-state index in [1.807, 2.05) is 18.2 Å². The number of imide groups is 1. The third-order valence-corrected chi connectivity index (χ3v) is 5.52. The van der Waals surface area contributed by atoms with Crippen LogP contribution in [0.4, 0.5) is 17.1 Å². The summed E-state index contributed by atoms with van der Waals surface area (Å²) in [5.41, 5.74) is 0.815. The van der Waals surface area contributed by atoms with Crippen LogP contribution >= 0.6 is 0 Å². The van der Waals surface area contributed by atoms with Crippen LogP contribution in [0, 0.1) is 10.1 Å². The van der Waals surface area contributed by atoms with E-state index in [0.717, 1.165) is 11.0 Å². The van der Waals surface area contributed by atoms with Crippen molar-refractivity contribution in [2.45, 2.75) is 0 Å². The fraction of sp³-hybridized carbons (Fsp3) is 0. The van der Waals surface area contributed by atoms with Crippen molar-refractivity contribution >= 4 is 34.8 Å². The number of amides is 3. The van der Waals surface area contributed by atoms with Gasteiger partial charge >= 0.3 is 0 Å². The number of ether oxygens (including phenoxy) is 1. The number of fused-ring (bicyclic) bond motifs is 1. The Morgan fingerprint density at radius 3 is 2.28 bits per heavy atom. The molecule has 0 radical (unpaired) electrons. The van der Waals surface area contributed by atoms with Gasteiger partial charge in [0.15, 0.2) is 0 Å². The van der Waals surface area contributed by atoms with Gasteiger partial charge in [-0.25, -0.2) is 4.90 Å². The SMILES string of the molecule is O=C(Nc1ccc2c(c1)C(=O)N(c1cccc(Oc3ccccc3)c1)C2=O)c1cccc([N+](=O)[O-])c1. The maximum atomic E-state index is 13.2. The van der Waals surface area contributed by atoms with Crippen molar-refractivity contribution in [3.63, 3.8) is 0 Å². The van der Waals surface area contributed by atoms with Gasteiger partial charge in [0.1, 0.15) is 11.5 Å². The minimum Gasteiger partial charge on any atom is -0.457 e. The van der Waals surface area contributed by atoms with E-state index in [4.69, 9.17) is 4.74 Å². The maximum absolute atomic E-state index is 13.2. The number of hydrogen-bond donors (Lipinski definition) is 1. The summed E-state index contributed by atoms with van der Waals surface area (Å²) in [6.07, 6.45) is 0. The zero-order valence-electron chi connectivity index (χ0n) is 18.6. The number of nitro benzene ring substituents is 1. The molecule has 1 heterocycles. The number of nitro groups is 1. The molecule has 9 heteroatoms. The molecule has 0 saturated carbocycles. The zero-order chi connectivity index (χ0) is 25.2. The number of carbonyl (C=O) groups excluding carboxylic acids is 3. The maximum Gasteiger partial charge on any atom is 0.270 e. The van der Waals surface area contributed by atoms with Crippen molar-refractivity contribution in [3.8, 4) is 11.5 Å². The van der Waals surface area contributed by atoms with Gasteiger partial charge < -0.3 is 10.1 Å². The molecule has 1 aliphatic heterocycles. The van der Waals surface area contributed by atoms with Crippen molar-refractivity contribution in [2.24, 2.45) is 0 Å². The third-order valence-electron chi connectivity index (χ3n) is 5.52. The Bertz CT molecular complexity index is 1530. The summed E-state index contributed by atoms with van der Waals surface area (Å²) in [5.74, 6) is -0.555. The van der Waals surface area contributed by atoms with E-state index in [1.54, 1.807) is 36.4 Å². The van der Waals surface area contributed by atoms with Gasteiger partial charge in [0, 0.05) is 29.4 Å². The largest absolute Gasteiger partial charge is 0.457 e. The molecule has 4 aromatic carbocycles. The molecular weight excluding hydrogens is 462 g/mol. The molecule has 36 heavy (non-hydrogen) atoms. The van der Waals surface area contributed by atoms with Crippen LogP contribution in [-0.4, -0.2) is 22.6 Å². The molecule has 0 spiro atoms. The molecule has 1 aliphatic rings. The van der Waals surface area contributed by atoms with E-state index >= 15 is 0 Å². The van der Waals surface area contributed by atoms with E-state index in [-0.39, 0.29) is 28.1 Å². The Morgan fingerprint density at radius 2 is 1.50 bits per heavy atom. The van der Waals surface area contributed by atoms with Gasteiger partial charge in [-0.2, -0.15) is 0 Å². The fourth-order valence-electron chi connectivity index (χ4n) is 3.83.